The van der Waals surface area contributed by atoms with Gasteiger partial charge in [0.15, 0.2) is 0 Å². The van der Waals surface area contributed by atoms with Crippen LogP contribution in [0.4, 0.5) is 11.4 Å². The molecule has 114 valence electrons. The minimum absolute atomic E-state index is 0.0753. The van der Waals surface area contributed by atoms with E-state index >= 15 is 0 Å². The van der Waals surface area contributed by atoms with Gasteiger partial charge in [-0.1, -0.05) is 18.2 Å². The predicted octanol–water partition coefficient (Wildman–Crippen LogP) is 2.38. The van der Waals surface area contributed by atoms with Crippen LogP contribution in [0.25, 0.3) is 10.9 Å². The maximum absolute atomic E-state index is 12.9. The van der Waals surface area contributed by atoms with Crippen molar-refractivity contribution in [1.29, 1.82) is 0 Å². The van der Waals surface area contributed by atoms with Crippen molar-refractivity contribution in [2.45, 2.75) is 31.2 Å². The number of nitrogen functional groups attached to an aromatic ring is 1. The zero-order valence-corrected chi connectivity index (χ0v) is 12.5. The Morgan fingerprint density at radius 3 is 2.73 bits per heavy atom. The van der Waals surface area contributed by atoms with Crippen LogP contribution in [-0.4, -0.2) is 34.4 Å². The molecule has 5 heteroatoms. The van der Waals surface area contributed by atoms with E-state index in [1.807, 2.05) is 24.3 Å². The molecule has 1 aromatic heterocycles. The van der Waals surface area contributed by atoms with Gasteiger partial charge in [0.1, 0.15) is 5.54 Å². The number of para-hydroxylation sites is 1. The molecule has 2 saturated heterocycles. The monoisotopic (exact) mass is 296 g/mol. The molecule has 0 aliphatic carbocycles. The number of nitrogens with two attached hydrogens (primary N) is 1. The molecule has 3 heterocycles. The van der Waals surface area contributed by atoms with Gasteiger partial charge in [-0.2, -0.15) is 0 Å². The topological polar surface area (TPSA) is 71.2 Å². The van der Waals surface area contributed by atoms with Crippen molar-refractivity contribution in [2.75, 3.05) is 24.1 Å². The second-order valence-corrected chi connectivity index (χ2v) is 6.28. The van der Waals surface area contributed by atoms with Gasteiger partial charge in [-0.25, -0.2) is 0 Å². The van der Waals surface area contributed by atoms with Gasteiger partial charge in [-0.3, -0.25) is 14.7 Å². The number of aromatic nitrogens is 1. The highest BCUT2D eigenvalue weighted by atomic mass is 16.2. The molecule has 0 radical (unpaired) electrons. The fraction of sp³-hybridized carbons (Fsp3) is 0.412. The summed E-state index contributed by atoms with van der Waals surface area (Å²) in [4.78, 5) is 19.6. The summed E-state index contributed by atoms with van der Waals surface area (Å²) in [6.45, 7) is 2.05. The highest BCUT2D eigenvalue weighted by molar-refractivity contribution is 6.05. The van der Waals surface area contributed by atoms with E-state index in [2.05, 4.69) is 15.2 Å². The Morgan fingerprint density at radius 1 is 1.23 bits per heavy atom. The number of nitrogens with zero attached hydrogens (tertiary/aromatic N) is 2. The summed E-state index contributed by atoms with van der Waals surface area (Å²) in [5.74, 6) is 0.0753. The quantitative estimate of drug-likeness (QED) is 0.892. The molecule has 4 rings (SSSR count). The molecule has 3 N–H and O–H groups in total. The van der Waals surface area contributed by atoms with Crippen LogP contribution in [-0.2, 0) is 4.79 Å². The lowest BCUT2D eigenvalue weighted by Crippen LogP contribution is -2.49. The first-order valence-electron chi connectivity index (χ1n) is 7.90. The summed E-state index contributed by atoms with van der Waals surface area (Å²) in [7, 11) is 0. The molecule has 2 aromatic rings. The third-order valence-corrected chi connectivity index (χ3v) is 5.13. The minimum Gasteiger partial charge on any atom is -0.396 e. The first kappa shape index (κ1) is 13.5. The zero-order valence-electron chi connectivity index (χ0n) is 12.5. The van der Waals surface area contributed by atoms with Crippen LogP contribution in [0.3, 0.4) is 0 Å². The average molecular weight is 296 g/mol. The SMILES string of the molecule is Nc1c(NC(=O)C23CCCN2CCC3)cnc2ccccc12. The van der Waals surface area contributed by atoms with Gasteiger partial charge in [0.25, 0.3) is 0 Å². The smallest absolute Gasteiger partial charge is 0.244 e. The van der Waals surface area contributed by atoms with Gasteiger partial charge in [0, 0.05) is 5.39 Å². The fourth-order valence-electron chi connectivity index (χ4n) is 3.98. The number of fused-ring (bicyclic) bond motifs is 2. The fourth-order valence-corrected chi connectivity index (χ4v) is 3.98. The predicted molar refractivity (Wildman–Crippen MR) is 87.6 cm³/mol. The molecule has 1 amide bonds. The van der Waals surface area contributed by atoms with E-state index in [4.69, 9.17) is 5.73 Å². The number of hydrogen-bond acceptors (Lipinski definition) is 4. The molecule has 0 unspecified atom stereocenters. The lowest BCUT2D eigenvalue weighted by atomic mass is 9.93. The van der Waals surface area contributed by atoms with E-state index in [9.17, 15) is 4.79 Å². The molecule has 1 aromatic carbocycles. The van der Waals surface area contributed by atoms with Gasteiger partial charge in [-0.15, -0.1) is 0 Å². The number of pyridine rings is 1. The van der Waals surface area contributed by atoms with E-state index in [1.165, 1.54) is 0 Å². The van der Waals surface area contributed by atoms with Gasteiger partial charge in [0.2, 0.25) is 5.91 Å². The highest BCUT2D eigenvalue weighted by Crippen LogP contribution is 2.40. The van der Waals surface area contributed by atoms with Crippen LogP contribution in [0.2, 0.25) is 0 Å². The van der Waals surface area contributed by atoms with Gasteiger partial charge >= 0.3 is 0 Å². The Labute approximate surface area is 129 Å². The number of nitrogens with one attached hydrogen (secondary N) is 1. The number of rotatable bonds is 2. The van der Waals surface area contributed by atoms with Gasteiger partial charge in [-0.05, 0) is 44.8 Å². The third-order valence-electron chi connectivity index (χ3n) is 5.13. The molecule has 2 fully saturated rings. The lowest BCUT2D eigenvalue weighted by molar-refractivity contribution is -0.125. The summed E-state index contributed by atoms with van der Waals surface area (Å²) in [5, 5.41) is 3.92. The van der Waals surface area contributed by atoms with Crippen LogP contribution in [0, 0.1) is 0 Å². The van der Waals surface area contributed by atoms with Crippen molar-refractivity contribution in [3.8, 4) is 0 Å². The van der Waals surface area contributed by atoms with Gasteiger partial charge < -0.3 is 11.1 Å². The number of carbonyl (C=O) groups is 1. The molecule has 5 nitrogen and oxygen atoms in total. The van der Waals surface area contributed by atoms with Crippen molar-refractivity contribution < 1.29 is 4.79 Å². The van der Waals surface area contributed by atoms with E-state index in [0.717, 1.165) is 49.7 Å². The number of benzene rings is 1. The molecular formula is C17H20N4O. The lowest BCUT2D eigenvalue weighted by Gasteiger charge is -2.30. The maximum Gasteiger partial charge on any atom is 0.244 e. The maximum atomic E-state index is 12.9. The zero-order chi connectivity index (χ0) is 15.2. The number of amides is 1. The molecule has 22 heavy (non-hydrogen) atoms. The summed E-state index contributed by atoms with van der Waals surface area (Å²) >= 11 is 0. The van der Waals surface area contributed by atoms with Crippen LogP contribution < -0.4 is 11.1 Å². The highest BCUT2D eigenvalue weighted by Gasteiger charge is 2.50. The first-order valence-corrected chi connectivity index (χ1v) is 7.90. The third kappa shape index (κ3) is 1.89. The summed E-state index contributed by atoms with van der Waals surface area (Å²) in [6.07, 6.45) is 5.75. The molecule has 2 aliphatic heterocycles. The van der Waals surface area contributed by atoms with Crippen LogP contribution in [0.5, 0.6) is 0 Å². The number of hydrogen-bond donors (Lipinski definition) is 2. The minimum atomic E-state index is -0.321. The summed E-state index contributed by atoms with van der Waals surface area (Å²) in [5.41, 5.74) is 7.98. The Kier molecular flexibility index (Phi) is 3.04. The normalized spacial score (nSPS) is 20.2. The van der Waals surface area contributed by atoms with Crippen molar-refractivity contribution in [1.82, 2.24) is 9.88 Å². The van der Waals surface area contributed by atoms with Crippen molar-refractivity contribution >= 4 is 28.2 Å². The Hall–Kier alpha value is -2.14. The van der Waals surface area contributed by atoms with Crippen LogP contribution in [0.1, 0.15) is 25.7 Å². The molecule has 2 aliphatic rings. The standard InChI is InChI=1S/C17H20N4O/c18-15-12-5-1-2-6-13(12)19-11-14(15)20-16(22)17-7-3-9-21(17)10-4-8-17/h1-2,5-6,11H,3-4,7-10H2,(H2,18,19)(H,20,22). The van der Waals surface area contributed by atoms with Crippen LogP contribution in [0.15, 0.2) is 30.5 Å². The van der Waals surface area contributed by atoms with E-state index < -0.39 is 0 Å². The second kappa shape index (κ2) is 4.95. The van der Waals surface area contributed by atoms with Crippen molar-refractivity contribution in [3.63, 3.8) is 0 Å². The van der Waals surface area contributed by atoms with E-state index in [0.29, 0.717) is 11.4 Å². The molecule has 0 saturated carbocycles. The Balaban J connectivity index is 1.66. The average Bonchev–Trinajstić information content (AvgIpc) is 3.11. The van der Waals surface area contributed by atoms with Gasteiger partial charge in [0.05, 0.1) is 23.1 Å². The number of anilines is 2. The molecule has 0 spiro atoms. The molecule has 0 atom stereocenters. The summed E-state index contributed by atoms with van der Waals surface area (Å²) < 4.78 is 0. The van der Waals surface area contributed by atoms with Crippen molar-refractivity contribution in [2.24, 2.45) is 0 Å². The second-order valence-electron chi connectivity index (χ2n) is 6.28. The Bertz CT molecular complexity index is 733. The molecule has 0 bridgehead atoms. The van der Waals surface area contributed by atoms with Crippen LogP contribution >= 0.6 is 0 Å². The van der Waals surface area contributed by atoms with Crippen molar-refractivity contribution in [3.05, 3.63) is 30.5 Å². The number of carbonyl (C=O) groups excluding carboxylic acids is 1. The first-order chi connectivity index (χ1) is 10.7. The Morgan fingerprint density at radius 2 is 1.95 bits per heavy atom. The van der Waals surface area contributed by atoms with E-state index in [1.54, 1.807) is 6.20 Å². The molecular weight excluding hydrogens is 276 g/mol. The van der Waals surface area contributed by atoms with E-state index in [-0.39, 0.29) is 11.4 Å². The largest absolute Gasteiger partial charge is 0.396 e. The summed E-state index contributed by atoms with van der Waals surface area (Å²) in [6, 6.07) is 7.72.